The Kier molecular flexibility index (Phi) is 5.75. The summed E-state index contributed by atoms with van der Waals surface area (Å²) >= 11 is 4.63. The first-order chi connectivity index (χ1) is 15.1. The quantitative estimate of drug-likeness (QED) is 0.231. The lowest BCUT2D eigenvalue weighted by atomic mass is 10.1. The standard InChI is InChI=1S/C22H24N4O2S3/c1-3-13(2)26-20(28)18-15-7-5-4-6-8-16(15)31-19(18)24-22(26)30-12-14-11-17(27)25-9-10-29-21(25)23-14/h9-11,13H,3-8,12H2,1-2H3. The Balaban J connectivity index is 1.58. The van der Waals surface area contributed by atoms with Crippen molar-refractivity contribution in [3.05, 3.63) is 54.5 Å². The molecule has 0 N–H and O–H groups in total. The molecular formula is C22H24N4O2S3. The molecule has 1 aliphatic carbocycles. The predicted molar refractivity (Wildman–Crippen MR) is 129 cm³/mol. The number of hydrogen-bond acceptors (Lipinski definition) is 7. The van der Waals surface area contributed by atoms with Crippen LogP contribution >= 0.6 is 34.4 Å². The Morgan fingerprint density at radius 1 is 1.19 bits per heavy atom. The highest BCUT2D eigenvalue weighted by atomic mass is 32.2. The molecule has 0 aromatic carbocycles. The van der Waals surface area contributed by atoms with Crippen LogP contribution in [0.15, 0.2) is 32.4 Å². The van der Waals surface area contributed by atoms with Crippen molar-refractivity contribution < 1.29 is 0 Å². The largest absolute Gasteiger partial charge is 0.284 e. The van der Waals surface area contributed by atoms with Gasteiger partial charge in [-0.05, 0) is 44.6 Å². The van der Waals surface area contributed by atoms with Gasteiger partial charge in [-0.3, -0.25) is 18.6 Å². The van der Waals surface area contributed by atoms with Crippen LogP contribution in [0.3, 0.4) is 0 Å². The Hall–Kier alpha value is -1.97. The molecule has 0 bridgehead atoms. The van der Waals surface area contributed by atoms with Crippen molar-refractivity contribution in [2.75, 3.05) is 0 Å². The third-order valence-electron chi connectivity index (χ3n) is 5.98. The normalized spacial score (nSPS) is 15.3. The fourth-order valence-corrected chi connectivity index (χ4v) is 7.18. The molecule has 1 unspecified atom stereocenters. The van der Waals surface area contributed by atoms with E-state index in [2.05, 4.69) is 18.8 Å². The van der Waals surface area contributed by atoms with E-state index in [-0.39, 0.29) is 17.2 Å². The lowest BCUT2D eigenvalue weighted by Gasteiger charge is -2.17. The van der Waals surface area contributed by atoms with Gasteiger partial charge in [0.25, 0.3) is 11.1 Å². The summed E-state index contributed by atoms with van der Waals surface area (Å²) < 4.78 is 3.42. The number of hydrogen-bond donors (Lipinski definition) is 0. The number of aromatic nitrogens is 4. The van der Waals surface area contributed by atoms with Gasteiger partial charge in [0.15, 0.2) is 10.1 Å². The minimum atomic E-state index is -0.0772. The summed E-state index contributed by atoms with van der Waals surface area (Å²) in [5.41, 5.74) is 1.96. The van der Waals surface area contributed by atoms with Crippen LogP contribution in [0.1, 0.15) is 61.7 Å². The molecule has 0 saturated carbocycles. The maximum absolute atomic E-state index is 13.6. The number of thiophene rings is 1. The van der Waals surface area contributed by atoms with Crippen LogP contribution in [0.5, 0.6) is 0 Å². The Labute approximate surface area is 192 Å². The van der Waals surface area contributed by atoms with E-state index >= 15 is 0 Å². The summed E-state index contributed by atoms with van der Waals surface area (Å²) in [5, 5.41) is 3.41. The van der Waals surface area contributed by atoms with Gasteiger partial charge in [-0.25, -0.2) is 9.97 Å². The second-order valence-electron chi connectivity index (χ2n) is 8.00. The van der Waals surface area contributed by atoms with Crippen molar-refractivity contribution in [2.45, 2.75) is 69.3 Å². The maximum Gasteiger partial charge on any atom is 0.263 e. The van der Waals surface area contributed by atoms with E-state index in [4.69, 9.17) is 4.98 Å². The molecule has 0 spiro atoms. The molecule has 4 aromatic heterocycles. The average Bonchev–Trinajstić information content (AvgIpc) is 3.30. The van der Waals surface area contributed by atoms with Crippen LogP contribution < -0.4 is 11.1 Å². The number of thioether (sulfide) groups is 1. The zero-order chi connectivity index (χ0) is 21.5. The van der Waals surface area contributed by atoms with Crippen LogP contribution in [-0.4, -0.2) is 18.9 Å². The number of thiazole rings is 1. The third kappa shape index (κ3) is 3.76. The van der Waals surface area contributed by atoms with Gasteiger partial charge in [0.05, 0.1) is 11.1 Å². The first kappa shape index (κ1) is 20.9. The molecule has 0 saturated heterocycles. The second kappa shape index (κ2) is 8.52. The van der Waals surface area contributed by atoms with E-state index in [0.29, 0.717) is 16.4 Å². The molecule has 0 fully saturated rings. The van der Waals surface area contributed by atoms with E-state index < -0.39 is 0 Å². The van der Waals surface area contributed by atoms with Crippen molar-refractivity contribution in [3.63, 3.8) is 0 Å². The van der Waals surface area contributed by atoms with E-state index in [0.717, 1.165) is 41.1 Å². The van der Waals surface area contributed by atoms with Crippen molar-refractivity contribution in [1.82, 2.24) is 18.9 Å². The van der Waals surface area contributed by atoms with Crippen molar-refractivity contribution in [2.24, 2.45) is 0 Å². The van der Waals surface area contributed by atoms with Gasteiger partial charge in [0, 0.05) is 34.3 Å². The summed E-state index contributed by atoms with van der Waals surface area (Å²) in [5.74, 6) is 0.503. The highest BCUT2D eigenvalue weighted by Gasteiger charge is 2.23. The molecule has 0 radical (unpaired) electrons. The van der Waals surface area contributed by atoms with Gasteiger partial charge < -0.3 is 0 Å². The van der Waals surface area contributed by atoms with Crippen LogP contribution in [0, 0.1) is 0 Å². The first-order valence-corrected chi connectivity index (χ1v) is 13.4. The lowest BCUT2D eigenvalue weighted by Crippen LogP contribution is -2.26. The van der Waals surface area contributed by atoms with Crippen molar-refractivity contribution in [1.29, 1.82) is 0 Å². The van der Waals surface area contributed by atoms with Crippen LogP contribution in [0.25, 0.3) is 15.2 Å². The molecule has 4 heterocycles. The predicted octanol–water partition coefficient (Wildman–Crippen LogP) is 5.06. The topological polar surface area (TPSA) is 69.3 Å². The molecule has 4 aromatic rings. The molecule has 162 valence electrons. The fourth-order valence-electron chi connectivity index (χ4n) is 4.15. The number of fused-ring (bicyclic) bond motifs is 4. The maximum atomic E-state index is 13.6. The van der Waals surface area contributed by atoms with E-state index in [9.17, 15) is 9.59 Å². The van der Waals surface area contributed by atoms with Crippen molar-refractivity contribution in [3.8, 4) is 0 Å². The van der Waals surface area contributed by atoms with Gasteiger partial charge in [0.1, 0.15) is 4.83 Å². The summed E-state index contributed by atoms with van der Waals surface area (Å²) in [6.07, 6.45) is 8.18. The zero-order valence-corrected chi connectivity index (χ0v) is 20.0. The average molecular weight is 473 g/mol. The van der Waals surface area contributed by atoms with E-state index in [1.54, 1.807) is 28.0 Å². The molecule has 1 aliphatic rings. The lowest BCUT2D eigenvalue weighted by molar-refractivity contribution is 0.468. The van der Waals surface area contributed by atoms with Crippen molar-refractivity contribution >= 4 is 49.6 Å². The van der Waals surface area contributed by atoms with Crippen LogP contribution in [0.4, 0.5) is 0 Å². The number of aryl methyl sites for hydroxylation is 2. The highest BCUT2D eigenvalue weighted by molar-refractivity contribution is 7.98. The third-order valence-corrected chi connectivity index (χ3v) is 8.90. The van der Waals surface area contributed by atoms with Gasteiger partial charge in [-0.1, -0.05) is 25.1 Å². The number of nitrogens with zero attached hydrogens (tertiary/aromatic N) is 4. The first-order valence-electron chi connectivity index (χ1n) is 10.7. The summed E-state index contributed by atoms with van der Waals surface area (Å²) in [6, 6.07) is 1.64. The van der Waals surface area contributed by atoms with Gasteiger partial charge in [0.2, 0.25) is 0 Å². The molecule has 31 heavy (non-hydrogen) atoms. The molecule has 5 rings (SSSR count). The minimum absolute atomic E-state index is 0.0617. The summed E-state index contributed by atoms with van der Waals surface area (Å²) in [4.78, 5) is 38.4. The molecule has 0 amide bonds. The van der Waals surface area contributed by atoms with Gasteiger partial charge in [-0.2, -0.15) is 0 Å². The molecular weight excluding hydrogens is 448 g/mol. The minimum Gasteiger partial charge on any atom is -0.284 e. The molecule has 0 aliphatic heterocycles. The smallest absolute Gasteiger partial charge is 0.263 e. The van der Waals surface area contributed by atoms with Gasteiger partial charge in [-0.15, -0.1) is 22.7 Å². The number of rotatable bonds is 5. The molecule has 9 heteroatoms. The summed E-state index contributed by atoms with van der Waals surface area (Å²) in [6.45, 7) is 4.17. The molecule has 6 nitrogen and oxygen atoms in total. The monoisotopic (exact) mass is 472 g/mol. The highest BCUT2D eigenvalue weighted by Crippen LogP contribution is 2.35. The van der Waals surface area contributed by atoms with E-state index in [1.807, 2.05) is 9.95 Å². The van der Waals surface area contributed by atoms with Gasteiger partial charge >= 0.3 is 0 Å². The Morgan fingerprint density at radius 3 is 2.87 bits per heavy atom. The van der Waals surface area contributed by atoms with Crippen LogP contribution in [-0.2, 0) is 18.6 Å². The van der Waals surface area contributed by atoms with Crippen LogP contribution in [0.2, 0.25) is 0 Å². The SMILES string of the molecule is CCC(C)n1c(SCc2cc(=O)n3ccsc3n2)nc2sc3c(c2c1=O)CCCCC3. The zero-order valence-electron chi connectivity index (χ0n) is 17.6. The molecule has 1 atom stereocenters. The summed E-state index contributed by atoms with van der Waals surface area (Å²) in [7, 11) is 0. The second-order valence-corrected chi connectivity index (χ2v) is 10.9. The fraction of sp³-hybridized carbons (Fsp3) is 0.455. The Bertz CT molecular complexity index is 1380. The Morgan fingerprint density at radius 2 is 2.03 bits per heavy atom. The van der Waals surface area contributed by atoms with E-state index in [1.165, 1.54) is 46.4 Å².